The summed E-state index contributed by atoms with van der Waals surface area (Å²) in [4.78, 5) is 18.6. The molecule has 0 atom stereocenters. The Labute approximate surface area is 180 Å². The van der Waals surface area contributed by atoms with E-state index in [4.69, 9.17) is 4.99 Å². The van der Waals surface area contributed by atoms with Crippen LogP contribution in [0, 0.1) is 5.41 Å². The Hall–Kier alpha value is -1.31. The first kappa shape index (κ1) is 22.0. The lowest BCUT2D eigenvalue weighted by Crippen LogP contribution is -2.41. The Bertz CT molecular complexity index is 655. The average molecular weight is 484 g/mol. The fourth-order valence-electron chi connectivity index (χ4n) is 4.37. The van der Waals surface area contributed by atoms with E-state index in [1.165, 1.54) is 45.4 Å². The van der Waals surface area contributed by atoms with Crippen LogP contribution in [0.4, 0.5) is 5.69 Å². The van der Waals surface area contributed by atoms with Crippen molar-refractivity contribution >= 4 is 41.5 Å². The SMILES string of the molecule is CCNC(=NCc1cccc(NC(C)=O)c1)N1CCC2(CCCCC2)C1.I. The second-order valence-corrected chi connectivity index (χ2v) is 7.78. The summed E-state index contributed by atoms with van der Waals surface area (Å²) >= 11 is 0. The summed E-state index contributed by atoms with van der Waals surface area (Å²) in [6, 6.07) is 7.94. The summed E-state index contributed by atoms with van der Waals surface area (Å²) in [6.07, 6.45) is 8.23. The van der Waals surface area contributed by atoms with Crippen molar-refractivity contribution in [3.63, 3.8) is 0 Å². The molecule has 1 amide bonds. The Morgan fingerprint density at radius 1 is 1.22 bits per heavy atom. The van der Waals surface area contributed by atoms with Crippen LogP contribution < -0.4 is 10.6 Å². The zero-order valence-electron chi connectivity index (χ0n) is 16.6. The lowest BCUT2D eigenvalue weighted by atomic mass is 9.73. The first-order valence-electron chi connectivity index (χ1n) is 10.00. The van der Waals surface area contributed by atoms with Crippen LogP contribution in [0.5, 0.6) is 0 Å². The maximum Gasteiger partial charge on any atom is 0.221 e. The average Bonchev–Trinajstić information content (AvgIpc) is 3.02. The molecule has 1 aromatic rings. The Balaban J connectivity index is 0.00000261. The van der Waals surface area contributed by atoms with Crippen molar-refractivity contribution in [2.75, 3.05) is 25.0 Å². The molecule has 2 fully saturated rings. The summed E-state index contributed by atoms with van der Waals surface area (Å²) in [7, 11) is 0. The third-order valence-electron chi connectivity index (χ3n) is 5.65. The van der Waals surface area contributed by atoms with E-state index in [-0.39, 0.29) is 29.9 Å². The molecule has 1 aliphatic heterocycles. The van der Waals surface area contributed by atoms with Gasteiger partial charge in [0.05, 0.1) is 6.54 Å². The maximum atomic E-state index is 11.2. The number of hydrogen-bond donors (Lipinski definition) is 2. The molecule has 0 unspecified atom stereocenters. The molecule has 1 saturated carbocycles. The minimum atomic E-state index is -0.0474. The number of carbonyl (C=O) groups excluding carboxylic acids is 1. The van der Waals surface area contributed by atoms with E-state index < -0.39 is 0 Å². The van der Waals surface area contributed by atoms with Crippen LogP contribution in [0.1, 0.15) is 57.9 Å². The molecule has 0 bridgehead atoms. The highest BCUT2D eigenvalue weighted by atomic mass is 127. The van der Waals surface area contributed by atoms with E-state index in [9.17, 15) is 4.79 Å². The molecule has 0 aromatic heterocycles. The van der Waals surface area contributed by atoms with E-state index in [0.29, 0.717) is 12.0 Å². The van der Waals surface area contributed by atoms with E-state index >= 15 is 0 Å². The monoisotopic (exact) mass is 484 g/mol. The highest BCUT2D eigenvalue weighted by Gasteiger charge is 2.39. The van der Waals surface area contributed by atoms with Gasteiger partial charge in [-0.25, -0.2) is 4.99 Å². The molecule has 3 rings (SSSR count). The Morgan fingerprint density at radius 3 is 2.70 bits per heavy atom. The van der Waals surface area contributed by atoms with Crippen molar-refractivity contribution in [3.8, 4) is 0 Å². The fourth-order valence-corrected chi connectivity index (χ4v) is 4.37. The number of aliphatic imine (C=N–C) groups is 1. The normalized spacial score (nSPS) is 18.9. The lowest BCUT2D eigenvalue weighted by molar-refractivity contribution is -0.114. The molecule has 1 saturated heterocycles. The number of benzene rings is 1. The third-order valence-corrected chi connectivity index (χ3v) is 5.65. The number of likely N-dealkylation sites (tertiary alicyclic amines) is 1. The van der Waals surface area contributed by atoms with E-state index in [1.807, 2.05) is 18.2 Å². The highest BCUT2D eigenvalue weighted by molar-refractivity contribution is 14.0. The van der Waals surface area contributed by atoms with Gasteiger partial charge in [0.1, 0.15) is 0 Å². The number of anilines is 1. The van der Waals surface area contributed by atoms with Crippen molar-refractivity contribution < 1.29 is 4.79 Å². The molecule has 1 aromatic carbocycles. The topological polar surface area (TPSA) is 56.7 Å². The molecule has 2 N–H and O–H groups in total. The summed E-state index contributed by atoms with van der Waals surface area (Å²) in [6.45, 7) is 7.41. The number of guanidine groups is 1. The van der Waals surface area contributed by atoms with Gasteiger partial charge in [0.2, 0.25) is 5.91 Å². The van der Waals surface area contributed by atoms with Crippen LogP contribution in [-0.2, 0) is 11.3 Å². The third kappa shape index (κ3) is 6.09. The first-order valence-corrected chi connectivity index (χ1v) is 10.00. The largest absolute Gasteiger partial charge is 0.357 e. The highest BCUT2D eigenvalue weighted by Crippen LogP contribution is 2.43. The van der Waals surface area contributed by atoms with Crippen molar-refractivity contribution in [1.82, 2.24) is 10.2 Å². The molecular formula is C21H33IN4O. The molecular weight excluding hydrogens is 451 g/mol. The van der Waals surface area contributed by atoms with E-state index in [1.54, 1.807) is 0 Å². The van der Waals surface area contributed by atoms with Crippen LogP contribution in [0.25, 0.3) is 0 Å². The zero-order valence-corrected chi connectivity index (χ0v) is 18.9. The second-order valence-electron chi connectivity index (χ2n) is 7.78. The van der Waals surface area contributed by atoms with Gasteiger partial charge in [-0.1, -0.05) is 31.4 Å². The van der Waals surface area contributed by atoms with E-state index in [0.717, 1.165) is 36.8 Å². The zero-order chi connectivity index (χ0) is 18.4. The summed E-state index contributed by atoms with van der Waals surface area (Å²) in [5.41, 5.74) is 2.47. The number of nitrogens with one attached hydrogen (secondary N) is 2. The minimum absolute atomic E-state index is 0. The van der Waals surface area contributed by atoms with Gasteiger partial charge in [-0.15, -0.1) is 24.0 Å². The second kappa shape index (κ2) is 10.3. The van der Waals surface area contributed by atoms with Crippen molar-refractivity contribution in [2.24, 2.45) is 10.4 Å². The van der Waals surface area contributed by atoms with Gasteiger partial charge in [0.15, 0.2) is 5.96 Å². The lowest BCUT2D eigenvalue weighted by Gasteiger charge is -2.33. The van der Waals surface area contributed by atoms with Crippen LogP contribution in [0.15, 0.2) is 29.3 Å². The predicted molar refractivity (Wildman–Crippen MR) is 123 cm³/mol. The van der Waals surface area contributed by atoms with Gasteiger partial charge in [0.25, 0.3) is 0 Å². The van der Waals surface area contributed by atoms with Crippen molar-refractivity contribution in [2.45, 2.75) is 58.9 Å². The molecule has 27 heavy (non-hydrogen) atoms. The molecule has 6 heteroatoms. The Morgan fingerprint density at radius 2 is 2.00 bits per heavy atom. The number of carbonyl (C=O) groups is 1. The molecule has 1 heterocycles. The van der Waals surface area contributed by atoms with Crippen LogP contribution in [0.2, 0.25) is 0 Å². The minimum Gasteiger partial charge on any atom is -0.357 e. The smallest absolute Gasteiger partial charge is 0.221 e. The number of halogens is 1. The number of amides is 1. The molecule has 5 nitrogen and oxygen atoms in total. The molecule has 1 aliphatic carbocycles. The van der Waals surface area contributed by atoms with Crippen LogP contribution >= 0.6 is 24.0 Å². The van der Waals surface area contributed by atoms with Gasteiger partial charge in [-0.3, -0.25) is 4.79 Å². The molecule has 2 aliphatic rings. The van der Waals surface area contributed by atoms with Gasteiger partial charge in [0, 0.05) is 32.2 Å². The van der Waals surface area contributed by atoms with E-state index in [2.05, 4.69) is 28.5 Å². The standard InChI is InChI=1S/C21H32N4O.HI/c1-3-22-20(25-13-12-21(16-25)10-5-4-6-11-21)23-15-18-8-7-9-19(14-18)24-17(2)26;/h7-9,14H,3-6,10-13,15-16H2,1-2H3,(H,22,23)(H,24,26);1H. The van der Waals surface area contributed by atoms with Crippen molar-refractivity contribution in [3.05, 3.63) is 29.8 Å². The number of hydrogen-bond acceptors (Lipinski definition) is 2. The molecule has 150 valence electrons. The summed E-state index contributed by atoms with van der Waals surface area (Å²) in [5.74, 6) is 0.980. The van der Waals surface area contributed by atoms with Gasteiger partial charge in [-0.2, -0.15) is 0 Å². The van der Waals surface area contributed by atoms with Gasteiger partial charge < -0.3 is 15.5 Å². The molecule has 1 spiro atoms. The first-order chi connectivity index (χ1) is 12.6. The van der Waals surface area contributed by atoms with Crippen molar-refractivity contribution in [1.29, 1.82) is 0 Å². The van der Waals surface area contributed by atoms with Gasteiger partial charge >= 0.3 is 0 Å². The predicted octanol–water partition coefficient (Wildman–Crippen LogP) is 4.38. The van der Waals surface area contributed by atoms with Gasteiger partial charge in [-0.05, 0) is 49.3 Å². The number of rotatable bonds is 4. The maximum absolute atomic E-state index is 11.2. The fraction of sp³-hybridized carbons (Fsp3) is 0.619. The summed E-state index contributed by atoms with van der Waals surface area (Å²) < 4.78 is 0. The quantitative estimate of drug-likeness (QED) is 0.379. The Kier molecular flexibility index (Phi) is 8.38. The van der Waals surface area contributed by atoms with Crippen LogP contribution in [-0.4, -0.2) is 36.4 Å². The summed E-state index contributed by atoms with van der Waals surface area (Å²) in [5, 5.41) is 6.31. The number of nitrogens with zero attached hydrogens (tertiary/aromatic N) is 2. The molecule has 0 radical (unpaired) electrons. The van der Waals surface area contributed by atoms with Crippen LogP contribution in [0.3, 0.4) is 0 Å².